The average Bonchev–Trinajstić information content (AvgIpc) is 2.52. The van der Waals surface area contributed by atoms with Gasteiger partial charge in [-0.1, -0.05) is 30.7 Å². The van der Waals surface area contributed by atoms with E-state index in [-0.39, 0.29) is 11.6 Å². The van der Waals surface area contributed by atoms with Crippen molar-refractivity contribution in [3.8, 4) is 0 Å². The van der Waals surface area contributed by atoms with Crippen molar-refractivity contribution in [2.24, 2.45) is 0 Å². The molecule has 0 aliphatic rings. The van der Waals surface area contributed by atoms with Crippen molar-refractivity contribution < 1.29 is 0 Å². The number of aromatic nitrogens is 3. The molecule has 3 rings (SSSR count). The van der Waals surface area contributed by atoms with Gasteiger partial charge in [0.2, 0.25) is 0 Å². The number of hydrogen-bond donors (Lipinski definition) is 0. The van der Waals surface area contributed by atoms with E-state index in [1.54, 1.807) is 35.3 Å². The molecule has 0 saturated heterocycles. The fourth-order valence-electron chi connectivity index (χ4n) is 2.47. The number of nitrogens with zero attached hydrogens (tertiary/aromatic N) is 3. The van der Waals surface area contributed by atoms with Gasteiger partial charge in [0.1, 0.15) is 0 Å². The van der Waals surface area contributed by atoms with E-state index in [1.807, 2.05) is 25.1 Å². The van der Waals surface area contributed by atoms with Crippen molar-refractivity contribution in [3.63, 3.8) is 0 Å². The van der Waals surface area contributed by atoms with Gasteiger partial charge in [-0.3, -0.25) is 14.3 Å². The number of pyridine rings is 1. The van der Waals surface area contributed by atoms with Crippen molar-refractivity contribution in [1.29, 1.82) is 0 Å². The van der Waals surface area contributed by atoms with Gasteiger partial charge >= 0.3 is 0 Å². The number of para-hydroxylation sites is 1. The van der Waals surface area contributed by atoms with Crippen LogP contribution in [0.1, 0.15) is 25.1 Å². The maximum Gasteiger partial charge on any atom is 0.261 e. The van der Waals surface area contributed by atoms with E-state index in [0.29, 0.717) is 15.9 Å². The largest absolute Gasteiger partial charge is 0.290 e. The smallest absolute Gasteiger partial charge is 0.261 e. The lowest BCUT2D eigenvalue weighted by Gasteiger charge is -2.17. The highest BCUT2D eigenvalue weighted by Gasteiger charge is 2.16. The SMILES string of the molecule is CC[C@@H](c1ccccn1)n1cnc2c(Cl)cccc2c1=O. The summed E-state index contributed by atoms with van der Waals surface area (Å²) in [7, 11) is 0. The summed E-state index contributed by atoms with van der Waals surface area (Å²) in [5, 5.41) is 1.02. The van der Waals surface area contributed by atoms with Crippen LogP contribution >= 0.6 is 11.6 Å². The van der Waals surface area contributed by atoms with Crippen molar-refractivity contribution >= 4 is 22.5 Å². The summed E-state index contributed by atoms with van der Waals surface area (Å²) >= 11 is 6.09. The zero-order valence-electron chi connectivity index (χ0n) is 11.5. The Labute approximate surface area is 127 Å². The van der Waals surface area contributed by atoms with Crippen LogP contribution in [0.5, 0.6) is 0 Å². The molecule has 1 aromatic carbocycles. The molecule has 1 atom stereocenters. The van der Waals surface area contributed by atoms with Gasteiger partial charge in [-0.05, 0) is 30.7 Å². The quantitative estimate of drug-likeness (QED) is 0.744. The first-order valence-electron chi connectivity index (χ1n) is 6.78. The Bertz CT molecular complexity index is 830. The molecule has 2 aromatic heterocycles. The zero-order chi connectivity index (χ0) is 14.8. The molecule has 3 aromatic rings. The second-order valence-corrected chi connectivity index (χ2v) is 5.18. The minimum atomic E-state index is -0.130. The van der Waals surface area contributed by atoms with E-state index < -0.39 is 0 Å². The van der Waals surface area contributed by atoms with Crippen molar-refractivity contribution in [1.82, 2.24) is 14.5 Å². The van der Waals surface area contributed by atoms with Crippen LogP contribution in [-0.2, 0) is 0 Å². The standard InChI is InChI=1S/C16H14ClN3O/c1-2-14(13-8-3-4-9-18-13)20-10-19-15-11(16(20)21)6-5-7-12(15)17/h3-10,14H,2H2,1H3/t14-/m0/s1. The maximum atomic E-state index is 12.7. The highest BCUT2D eigenvalue weighted by Crippen LogP contribution is 2.21. The van der Waals surface area contributed by atoms with E-state index in [1.165, 1.54) is 0 Å². The first kappa shape index (κ1) is 13.8. The Kier molecular flexibility index (Phi) is 3.71. The summed E-state index contributed by atoms with van der Waals surface area (Å²) in [6, 6.07) is 10.8. The summed E-state index contributed by atoms with van der Waals surface area (Å²) in [6.07, 6.45) is 4.04. The van der Waals surface area contributed by atoms with Crippen LogP contribution in [0.2, 0.25) is 5.02 Å². The fraction of sp³-hybridized carbons (Fsp3) is 0.188. The van der Waals surface area contributed by atoms with E-state index in [4.69, 9.17) is 11.6 Å². The summed E-state index contributed by atoms with van der Waals surface area (Å²) in [4.78, 5) is 21.4. The molecule has 0 spiro atoms. The molecule has 21 heavy (non-hydrogen) atoms. The molecule has 0 saturated carbocycles. The number of fused-ring (bicyclic) bond motifs is 1. The molecule has 0 fully saturated rings. The number of hydrogen-bond acceptors (Lipinski definition) is 3. The summed E-state index contributed by atoms with van der Waals surface area (Å²) in [6.45, 7) is 2.02. The molecule has 0 amide bonds. The molecule has 0 aliphatic heterocycles. The number of halogens is 1. The van der Waals surface area contributed by atoms with Crippen molar-refractivity contribution in [2.75, 3.05) is 0 Å². The zero-order valence-corrected chi connectivity index (χ0v) is 12.3. The lowest BCUT2D eigenvalue weighted by Crippen LogP contribution is -2.26. The summed E-state index contributed by atoms with van der Waals surface area (Å²) in [5.41, 5.74) is 1.29. The predicted molar refractivity (Wildman–Crippen MR) is 83.7 cm³/mol. The molecule has 4 nitrogen and oxygen atoms in total. The second kappa shape index (κ2) is 5.66. The monoisotopic (exact) mass is 299 g/mol. The first-order chi connectivity index (χ1) is 10.2. The number of rotatable bonds is 3. The molecule has 0 aliphatic carbocycles. The van der Waals surface area contributed by atoms with E-state index in [0.717, 1.165) is 12.1 Å². The Morgan fingerprint density at radius 1 is 1.19 bits per heavy atom. The molecular weight excluding hydrogens is 286 g/mol. The Morgan fingerprint density at radius 3 is 2.76 bits per heavy atom. The maximum absolute atomic E-state index is 12.7. The Hall–Kier alpha value is -2.20. The van der Waals surface area contributed by atoms with Crippen molar-refractivity contribution in [3.05, 3.63) is 70.0 Å². The van der Waals surface area contributed by atoms with E-state index >= 15 is 0 Å². The molecule has 0 bridgehead atoms. The van der Waals surface area contributed by atoms with Gasteiger partial charge in [-0.2, -0.15) is 0 Å². The van der Waals surface area contributed by atoms with E-state index in [2.05, 4.69) is 9.97 Å². The van der Waals surface area contributed by atoms with Crippen molar-refractivity contribution in [2.45, 2.75) is 19.4 Å². The van der Waals surface area contributed by atoms with Gasteiger partial charge in [0.15, 0.2) is 0 Å². The Morgan fingerprint density at radius 2 is 2.05 bits per heavy atom. The van der Waals surface area contributed by atoms with Crippen LogP contribution in [0.4, 0.5) is 0 Å². The molecule has 0 radical (unpaired) electrons. The minimum Gasteiger partial charge on any atom is -0.290 e. The van der Waals surface area contributed by atoms with E-state index in [9.17, 15) is 4.79 Å². The lowest BCUT2D eigenvalue weighted by molar-refractivity contribution is 0.531. The fourth-order valence-corrected chi connectivity index (χ4v) is 2.70. The highest BCUT2D eigenvalue weighted by molar-refractivity contribution is 6.34. The van der Waals surface area contributed by atoms with Gasteiger partial charge in [0, 0.05) is 6.20 Å². The van der Waals surface area contributed by atoms with Crippen LogP contribution in [0.15, 0.2) is 53.7 Å². The molecule has 2 heterocycles. The number of benzene rings is 1. The molecule has 106 valence electrons. The second-order valence-electron chi connectivity index (χ2n) is 4.77. The summed E-state index contributed by atoms with van der Waals surface area (Å²) in [5.74, 6) is 0. The van der Waals surface area contributed by atoms with Crippen LogP contribution in [0.25, 0.3) is 10.9 Å². The molecule has 0 N–H and O–H groups in total. The predicted octanol–water partition coefficient (Wildman–Crippen LogP) is 3.44. The highest BCUT2D eigenvalue weighted by atomic mass is 35.5. The van der Waals surface area contributed by atoms with Crippen LogP contribution in [0, 0.1) is 0 Å². The third-order valence-corrected chi connectivity index (χ3v) is 3.82. The van der Waals surface area contributed by atoms with Gasteiger partial charge in [0.05, 0.1) is 34.0 Å². The molecule has 0 unspecified atom stereocenters. The van der Waals surface area contributed by atoms with Gasteiger partial charge in [0.25, 0.3) is 5.56 Å². The average molecular weight is 300 g/mol. The third kappa shape index (κ3) is 2.43. The third-order valence-electron chi connectivity index (χ3n) is 3.51. The molecular formula is C16H14ClN3O. The summed E-state index contributed by atoms with van der Waals surface area (Å²) < 4.78 is 1.63. The molecule has 5 heteroatoms. The lowest BCUT2D eigenvalue weighted by atomic mass is 10.1. The van der Waals surface area contributed by atoms with Gasteiger partial charge < -0.3 is 0 Å². The van der Waals surface area contributed by atoms with Gasteiger partial charge in [-0.15, -0.1) is 0 Å². The van der Waals surface area contributed by atoms with Crippen LogP contribution < -0.4 is 5.56 Å². The topological polar surface area (TPSA) is 47.8 Å². The normalized spacial score (nSPS) is 12.5. The van der Waals surface area contributed by atoms with Crippen LogP contribution in [0.3, 0.4) is 0 Å². The Balaban J connectivity index is 2.21. The van der Waals surface area contributed by atoms with Crippen LogP contribution in [-0.4, -0.2) is 14.5 Å². The minimum absolute atomic E-state index is 0.0972. The first-order valence-corrected chi connectivity index (χ1v) is 7.16. The van der Waals surface area contributed by atoms with Gasteiger partial charge in [-0.25, -0.2) is 4.98 Å².